The first-order valence-electron chi connectivity index (χ1n) is 8.06. The minimum Gasteiger partial charge on any atom is -0.373 e. The number of hydrogen-bond acceptors (Lipinski definition) is 3. The van der Waals surface area contributed by atoms with Gasteiger partial charge in [-0.1, -0.05) is 0 Å². The summed E-state index contributed by atoms with van der Waals surface area (Å²) >= 11 is 0. The van der Waals surface area contributed by atoms with Gasteiger partial charge >= 0.3 is 0 Å². The molecule has 0 radical (unpaired) electrons. The van der Waals surface area contributed by atoms with Crippen LogP contribution in [0.1, 0.15) is 32.1 Å². The highest BCUT2D eigenvalue weighted by Gasteiger charge is 2.41. The Labute approximate surface area is 145 Å². The predicted octanol–water partition coefficient (Wildman–Crippen LogP) is 1.43. The van der Waals surface area contributed by atoms with Crippen molar-refractivity contribution in [2.45, 2.75) is 50.4 Å². The number of fused-ring (bicyclic) bond motifs is 2. The summed E-state index contributed by atoms with van der Waals surface area (Å²) in [5.41, 5.74) is 0. The van der Waals surface area contributed by atoms with E-state index in [1.165, 1.54) is 38.8 Å². The Bertz CT molecular complexity index is 366. The molecule has 3 rings (SSSR count). The minimum atomic E-state index is 0. The molecule has 3 saturated heterocycles. The van der Waals surface area contributed by atoms with Crippen LogP contribution >= 0.6 is 24.0 Å². The summed E-state index contributed by atoms with van der Waals surface area (Å²) in [5, 5.41) is 7.05. The quantitative estimate of drug-likeness (QED) is 0.422. The lowest BCUT2D eigenvalue weighted by molar-refractivity contribution is 0.0992. The van der Waals surface area contributed by atoms with E-state index in [0.29, 0.717) is 18.2 Å². The number of nitrogens with one attached hydrogen (secondary N) is 2. The summed E-state index contributed by atoms with van der Waals surface area (Å²) in [6.07, 6.45) is 7.11. The third-order valence-electron chi connectivity index (χ3n) is 4.93. The Hall–Kier alpha value is -0.0800. The van der Waals surface area contributed by atoms with Crippen LogP contribution in [0.2, 0.25) is 0 Å². The molecule has 0 saturated carbocycles. The molecule has 4 atom stereocenters. The largest absolute Gasteiger partial charge is 0.373 e. The third kappa shape index (κ3) is 4.45. The number of guanidine groups is 1. The maximum absolute atomic E-state index is 5.89. The molecule has 3 fully saturated rings. The Morgan fingerprint density at radius 3 is 2.81 bits per heavy atom. The molecular formula is C15H29IN4O. The predicted molar refractivity (Wildman–Crippen MR) is 96.4 cm³/mol. The van der Waals surface area contributed by atoms with Crippen molar-refractivity contribution in [1.82, 2.24) is 15.5 Å². The van der Waals surface area contributed by atoms with Crippen LogP contribution in [-0.2, 0) is 4.74 Å². The standard InChI is InChI=1S/C15H28N4O.HI/c1-16-15(17-9-11-4-3-7-19(2)10-11)18-13-8-12-5-6-14(13)20-12;/h11-14H,3-10H2,1-2H3,(H2,16,17,18);1H. The monoisotopic (exact) mass is 408 g/mol. The fourth-order valence-electron chi connectivity index (χ4n) is 3.84. The van der Waals surface area contributed by atoms with Crippen molar-refractivity contribution >= 4 is 29.9 Å². The summed E-state index contributed by atoms with van der Waals surface area (Å²) in [6, 6.07) is 0.453. The van der Waals surface area contributed by atoms with Gasteiger partial charge in [-0.25, -0.2) is 0 Å². The van der Waals surface area contributed by atoms with Crippen LogP contribution in [0.3, 0.4) is 0 Å². The van der Waals surface area contributed by atoms with Gasteiger partial charge in [0.2, 0.25) is 0 Å². The number of rotatable bonds is 3. The maximum Gasteiger partial charge on any atom is 0.191 e. The van der Waals surface area contributed by atoms with Crippen LogP contribution in [-0.4, -0.2) is 62.8 Å². The van der Waals surface area contributed by atoms with E-state index in [-0.39, 0.29) is 24.0 Å². The van der Waals surface area contributed by atoms with Gasteiger partial charge in [-0.05, 0) is 51.6 Å². The van der Waals surface area contributed by atoms with E-state index in [2.05, 4.69) is 27.6 Å². The first kappa shape index (κ1) is 17.3. The lowest BCUT2D eigenvalue weighted by Gasteiger charge is -2.30. The van der Waals surface area contributed by atoms with Gasteiger partial charge < -0.3 is 20.3 Å². The molecule has 3 aliphatic rings. The molecule has 0 aromatic carbocycles. The SMILES string of the molecule is CN=C(NCC1CCCN(C)C1)NC1CC2CCC1O2.I. The van der Waals surface area contributed by atoms with E-state index in [0.717, 1.165) is 24.8 Å². The molecule has 3 heterocycles. The number of nitrogens with zero attached hydrogens (tertiary/aromatic N) is 2. The van der Waals surface area contributed by atoms with Gasteiger partial charge in [-0.2, -0.15) is 0 Å². The number of aliphatic imine (C=N–C) groups is 1. The summed E-state index contributed by atoms with van der Waals surface area (Å²) in [4.78, 5) is 6.79. The Kier molecular flexibility index (Phi) is 6.55. The van der Waals surface area contributed by atoms with E-state index in [1.54, 1.807) is 0 Å². The van der Waals surface area contributed by atoms with E-state index >= 15 is 0 Å². The average molecular weight is 408 g/mol. The molecule has 21 heavy (non-hydrogen) atoms. The highest BCUT2D eigenvalue weighted by molar-refractivity contribution is 14.0. The van der Waals surface area contributed by atoms with Crippen molar-refractivity contribution in [3.05, 3.63) is 0 Å². The lowest BCUT2D eigenvalue weighted by Crippen LogP contribution is -2.49. The zero-order valence-corrected chi connectivity index (χ0v) is 15.5. The van der Waals surface area contributed by atoms with Crippen LogP contribution in [0.5, 0.6) is 0 Å². The van der Waals surface area contributed by atoms with Crippen LogP contribution < -0.4 is 10.6 Å². The van der Waals surface area contributed by atoms with Gasteiger partial charge in [0.05, 0.1) is 18.2 Å². The minimum absolute atomic E-state index is 0. The van der Waals surface area contributed by atoms with Gasteiger partial charge in [-0.15, -0.1) is 24.0 Å². The molecule has 4 unspecified atom stereocenters. The number of ether oxygens (including phenoxy) is 1. The van der Waals surface area contributed by atoms with Gasteiger partial charge in [0.1, 0.15) is 0 Å². The van der Waals surface area contributed by atoms with Gasteiger partial charge in [0.25, 0.3) is 0 Å². The summed E-state index contributed by atoms with van der Waals surface area (Å²) in [5.74, 6) is 1.68. The molecule has 0 spiro atoms. The highest BCUT2D eigenvalue weighted by atomic mass is 127. The Morgan fingerprint density at radius 2 is 2.19 bits per heavy atom. The summed E-state index contributed by atoms with van der Waals surface area (Å²) in [6.45, 7) is 3.46. The summed E-state index contributed by atoms with van der Waals surface area (Å²) in [7, 11) is 4.07. The molecule has 0 aromatic rings. The van der Waals surface area contributed by atoms with Crippen molar-refractivity contribution in [2.75, 3.05) is 33.7 Å². The van der Waals surface area contributed by atoms with E-state index in [4.69, 9.17) is 4.74 Å². The smallest absolute Gasteiger partial charge is 0.191 e. The van der Waals surface area contributed by atoms with E-state index < -0.39 is 0 Å². The Balaban J connectivity index is 0.00000161. The zero-order chi connectivity index (χ0) is 13.9. The molecule has 3 aliphatic heterocycles. The average Bonchev–Trinajstić information content (AvgIpc) is 3.06. The van der Waals surface area contributed by atoms with Crippen LogP contribution in [0.15, 0.2) is 4.99 Å². The number of hydrogen-bond donors (Lipinski definition) is 2. The summed E-state index contributed by atoms with van der Waals surface area (Å²) < 4.78 is 5.89. The van der Waals surface area contributed by atoms with Crippen molar-refractivity contribution in [1.29, 1.82) is 0 Å². The topological polar surface area (TPSA) is 48.9 Å². The molecule has 0 aromatic heterocycles. The second-order valence-electron chi connectivity index (χ2n) is 6.58. The second kappa shape index (κ2) is 7.97. The fraction of sp³-hybridized carbons (Fsp3) is 0.933. The number of piperidine rings is 1. The first-order valence-corrected chi connectivity index (χ1v) is 8.06. The second-order valence-corrected chi connectivity index (χ2v) is 6.58. The normalized spacial score (nSPS) is 36.4. The van der Waals surface area contributed by atoms with Crippen molar-refractivity contribution < 1.29 is 4.74 Å². The van der Waals surface area contributed by atoms with Gasteiger partial charge in [0, 0.05) is 20.1 Å². The first-order chi connectivity index (χ1) is 9.74. The highest BCUT2D eigenvalue weighted by Crippen LogP contribution is 2.34. The van der Waals surface area contributed by atoms with Crippen molar-refractivity contribution in [2.24, 2.45) is 10.9 Å². The van der Waals surface area contributed by atoms with E-state index in [1.807, 2.05) is 7.05 Å². The molecule has 0 aliphatic carbocycles. The molecular weight excluding hydrogens is 379 g/mol. The fourth-order valence-corrected chi connectivity index (χ4v) is 3.84. The van der Waals surface area contributed by atoms with Crippen molar-refractivity contribution in [3.63, 3.8) is 0 Å². The lowest BCUT2D eigenvalue weighted by atomic mass is 9.95. The number of halogens is 1. The van der Waals surface area contributed by atoms with Gasteiger partial charge in [0.15, 0.2) is 5.96 Å². The molecule has 0 amide bonds. The zero-order valence-electron chi connectivity index (χ0n) is 13.2. The Morgan fingerprint density at radius 1 is 1.33 bits per heavy atom. The van der Waals surface area contributed by atoms with E-state index in [9.17, 15) is 0 Å². The van der Waals surface area contributed by atoms with Crippen LogP contribution in [0, 0.1) is 5.92 Å². The van der Waals surface area contributed by atoms with Crippen LogP contribution in [0.25, 0.3) is 0 Å². The molecule has 122 valence electrons. The number of likely N-dealkylation sites (tertiary alicyclic amines) is 1. The van der Waals surface area contributed by atoms with Gasteiger partial charge in [-0.3, -0.25) is 4.99 Å². The maximum atomic E-state index is 5.89. The molecule has 2 N–H and O–H groups in total. The molecule has 2 bridgehead atoms. The van der Waals surface area contributed by atoms with Crippen LogP contribution in [0.4, 0.5) is 0 Å². The van der Waals surface area contributed by atoms with Crippen molar-refractivity contribution in [3.8, 4) is 0 Å². The molecule has 6 heteroatoms. The molecule has 5 nitrogen and oxygen atoms in total. The third-order valence-corrected chi connectivity index (χ3v) is 4.93.